The van der Waals surface area contributed by atoms with Gasteiger partial charge in [-0.15, -0.1) is 0 Å². The maximum absolute atomic E-state index is 11.3. The van der Waals surface area contributed by atoms with Crippen molar-refractivity contribution >= 4 is 11.6 Å². The van der Waals surface area contributed by atoms with Crippen molar-refractivity contribution in [3.63, 3.8) is 0 Å². The summed E-state index contributed by atoms with van der Waals surface area (Å²) in [6, 6.07) is 1.29. The highest BCUT2D eigenvalue weighted by Gasteiger charge is 2.09. The fourth-order valence-corrected chi connectivity index (χ4v) is 0.889. The van der Waals surface area contributed by atoms with Crippen LogP contribution >= 0.6 is 0 Å². The van der Waals surface area contributed by atoms with Crippen molar-refractivity contribution in [1.29, 1.82) is 0 Å². The van der Waals surface area contributed by atoms with Gasteiger partial charge in [-0.2, -0.15) is 0 Å². The molecule has 0 spiro atoms. The molecule has 13 heavy (non-hydrogen) atoms. The van der Waals surface area contributed by atoms with Gasteiger partial charge in [-0.05, 0) is 13.0 Å². The maximum Gasteiger partial charge on any atom is 0.268 e. The second-order valence-electron chi connectivity index (χ2n) is 2.90. The van der Waals surface area contributed by atoms with Crippen LogP contribution in [-0.4, -0.2) is 28.6 Å². The van der Waals surface area contributed by atoms with Crippen molar-refractivity contribution in [1.82, 2.24) is 10.3 Å². The van der Waals surface area contributed by atoms with E-state index < -0.39 is 0 Å². The topological polar surface area (TPSA) is 91.1 Å². The third-order valence-electron chi connectivity index (χ3n) is 1.60. The molecule has 5 heteroatoms. The molecule has 1 amide bonds. The van der Waals surface area contributed by atoms with Crippen LogP contribution in [0.25, 0.3) is 0 Å². The summed E-state index contributed by atoms with van der Waals surface area (Å²) in [5.41, 5.74) is 6.34. The van der Waals surface area contributed by atoms with Gasteiger partial charge in [-0.25, -0.2) is 0 Å². The summed E-state index contributed by atoms with van der Waals surface area (Å²) in [6.07, 6.45) is 1.54. The SMILES string of the molecule is CC(CO)NC(=O)c1cc(N)c[nH]1. The zero-order valence-electron chi connectivity index (χ0n) is 7.37. The normalized spacial score (nSPS) is 12.5. The Morgan fingerprint density at radius 3 is 3.00 bits per heavy atom. The van der Waals surface area contributed by atoms with Gasteiger partial charge in [0.05, 0.1) is 6.61 Å². The third kappa shape index (κ3) is 2.48. The van der Waals surface area contributed by atoms with Gasteiger partial charge in [0.15, 0.2) is 0 Å². The predicted octanol–water partition coefficient (Wildman–Crippen LogP) is -0.293. The average molecular weight is 183 g/mol. The number of nitrogens with two attached hydrogens (primary N) is 1. The van der Waals surface area contributed by atoms with Gasteiger partial charge < -0.3 is 21.1 Å². The molecule has 1 unspecified atom stereocenters. The minimum absolute atomic E-state index is 0.0814. The fourth-order valence-electron chi connectivity index (χ4n) is 0.889. The Hall–Kier alpha value is -1.49. The molecule has 1 aromatic heterocycles. The smallest absolute Gasteiger partial charge is 0.268 e. The molecule has 0 aliphatic heterocycles. The van der Waals surface area contributed by atoms with Crippen molar-refractivity contribution < 1.29 is 9.90 Å². The predicted molar refractivity (Wildman–Crippen MR) is 49.2 cm³/mol. The van der Waals surface area contributed by atoms with E-state index in [0.29, 0.717) is 11.4 Å². The first-order valence-electron chi connectivity index (χ1n) is 3.99. The van der Waals surface area contributed by atoms with Crippen LogP contribution < -0.4 is 11.1 Å². The van der Waals surface area contributed by atoms with Gasteiger partial charge in [0.1, 0.15) is 5.69 Å². The Morgan fingerprint density at radius 1 is 1.85 bits per heavy atom. The van der Waals surface area contributed by atoms with Gasteiger partial charge >= 0.3 is 0 Å². The molecular weight excluding hydrogens is 170 g/mol. The van der Waals surface area contributed by atoms with Crippen LogP contribution in [0.3, 0.4) is 0 Å². The largest absolute Gasteiger partial charge is 0.397 e. The molecule has 0 radical (unpaired) electrons. The Bertz CT molecular complexity index is 295. The van der Waals surface area contributed by atoms with Gasteiger partial charge in [0.25, 0.3) is 5.91 Å². The van der Waals surface area contributed by atoms with Crippen LogP contribution in [0, 0.1) is 0 Å². The Labute approximate surface area is 75.9 Å². The summed E-state index contributed by atoms with van der Waals surface area (Å²) < 4.78 is 0. The number of aliphatic hydroxyl groups excluding tert-OH is 1. The van der Waals surface area contributed by atoms with Crippen molar-refractivity contribution in [2.45, 2.75) is 13.0 Å². The number of rotatable bonds is 3. The lowest BCUT2D eigenvalue weighted by atomic mass is 10.3. The van der Waals surface area contributed by atoms with Gasteiger partial charge in [0, 0.05) is 17.9 Å². The van der Waals surface area contributed by atoms with Crippen LogP contribution in [0.15, 0.2) is 12.3 Å². The highest BCUT2D eigenvalue weighted by atomic mass is 16.3. The molecule has 72 valence electrons. The molecule has 0 aliphatic carbocycles. The highest BCUT2D eigenvalue weighted by Crippen LogP contribution is 2.04. The van der Waals surface area contributed by atoms with E-state index in [1.165, 1.54) is 0 Å². The number of hydrogen-bond donors (Lipinski definition) is 4. The summed E-state index contributed by atoms with van der Waals surface area (Å²) in [7, 11) is 0. The molecule has 0 saturated carbocycles. The molecule has 0 fully saturated rings. The second-order valence-corrected chi connectivity index (χ2v) is 2.90. The Balaban J connectivity index is 2.58. The fraction of sp³-hybridized carbons (Fsp3) is 0.375. The van der Waals surface area contributed by atoms with Crippen molar-refractivity contribution in [3.05, 3.63) is 18.0 Å². The lowest BCUT2D eigenvalue weighted by molar-refractivity contribution is 0.0918. The minimum Gasteiger partial charge on any atom is -0.397 e. The van der Waals surface area contributed by atoms with Gasteiger partial charge in [-0.3, -0.25) is 4.79 Å². The average Bonchev–Trinajstić information content (AvgIpc) is 2.51. The van der Waals surface area contributed by atoms with E-state index in [2.05, 4.69) is 10.3 Å². The van der Waals surface area contributed by atoms with E-state index in [9.17, 15) is 4.79 Å². The van der Waals surface area contributed by atoms with E-state index in [4.69, 9.17) is 10.8 Å². The number of hydrogen-bond acceptors (Lipinski definition) is 3. The number of carbonyl (C=O) groups excluding carboxylic acids is 1. The Kier molecular flexibility index (Phi) is 2.92. The first-order valence-corrected chi connectivity index (χ1v) is 3.99. The molecule has 5 N–H and O–H groups in total. The van der Waals surface area contributed by atoms with Crippen LogP contribution in [0.2, 0.25) is 0 Å². The van der Waals surface area contributed by atoms with Crippen LogP contribution in [-0.2, 0) is 0 Å². The van der Waals surface area contributed by atoms with Crippen molar-refractivity contribution in [3.8, 4) is 0 Å². The number of nitrogens with one attached hydrogen (secondary N) is 2. The maximum atomic E-state index is 11.3. The molecule has 1 heterocycles. The number of aromatic amines is 1. The van der Waals surface area contributed by atoms with Crippen LogP contribution in [0.1, 0.15) is 17.4 Å². The van der Waals surface area contributed by atoms with E-state index in [0.717, 1.165) is 0 Å². The molecule has 0 aromatic carbocycles. The quantitative estimate of drug-likeness (QED) is 0.519. The monoisotopic (exact) mass is 183 g/mol. The second kappa shape index (κ2) is 3.95. The lowest BCUT2D eigenvalue weighted by Crippen LogP contribution is -2.35. The van der Waals surface area contributed by atoms with E-state index in [1.54, 1.807) is 19.2 Å². The molecule has 0 bridgehead atoms. The highest BCUT2D eigenvalue weighted by molar-refractivity contribution is 5.93. The van der Waals surface area contributed by atoms with E-state index >= 15 is 0 Å². The van der Waals surface area contributed by atoms with E-state index in [-0.39, 0.29) is 18.6 Å². The molecule has 5 nitrogen and oxygen atoms in total. The summed E-state index contributed by atoms with van der Waals surface area (Å²) >= 11 is 0. The van der Waals surface area contributed by atoms with Crippen molar-refractivity contribution in [2.24, 2.45) is 0 Å². The third-order valence-corrected chi connectivity index (χ3v) is 1.60. The van der Waals surface area contributed by atoms with E-state index in [1.807, 2.05) is 0 Å². The first-order chi connectivity index (χ1) is 6.13. The number of H-pyrrole nitrogens is 1. The van der Waals surface area contributed by atoms with Gasteiger partial charge in [0.2, 0.25) is 0 Å². The first kappa shape index (κ1) is 9.60. The molecule has 1 atom stereocenters. The lowest BCUT2D eigenvalue weighted by Gasteiger charge is -2.08. The number of aromatic nitrogens is 1. The van der Waals surface area contributed by atoms with Gasteiger partial charge in [-0.1, -0.05) is 0 Å². The zero-order valence-corrected chi connectivity index (χ0v) is 7.37. The van der Waals surface area contributed by atoms with Crippen LogP contribution in [0.5, 0.6) is 0 Å². The number of amides is 1. The zero-order chi connectivity index (χ0) is 9.84. The van der Waals surface area contributed by atoms with Crippen LogP contribution in [0.4, 0.5) is 5.69 Å². The molecule has 0 saturated heterocycles. The Morgan fingerprint density at radius 2 is 2.54 bits per heavy atom. The molecular formula is C8H13N3O2. The summed E-state index contributed by atoms with van der Waals surface area (Å²) in [5.74, 6) is -0.266. The standard InChI is InChI=1S/C8H13N3O2/c1-5(4-12)11-8(13)7-2-6(9)3-10-7/h2-3,5,10,12H,4,9H2,1H3,(H,11,13). The number of aliphatic hydroxyl groups is 1. The molecule has 1 rings (SSSR count). The molecule has 1 aromatic rings. The number of anilines is 1. The van der Waals surface area contributed by atoms with Crippen molar-refractivity contribution in [2.75, 3.05) is 12.3 Å². The summed E-state index contributed by atoms with van der Waals surface area (Å²) in [5, 5.41) is 11.3. The number of nitrogen functional groups attached to an aromatic ring is 1. The summed E-state index contributed by atoms with van der Waals surface area (Å²) in [4.78, 5) is 14.0. The molecule has 0 aliphatic rings. The minimum atomic E-state index is -0.266. The summed E-state index contributed by atoms with van der Waals surface area (Å²) in [6.45, 7) is 1.63. The number of carbonyl (C=O) groups is 1.